The molecule has 1 aromatic carbocycles. The smallest absolute Gasteiger partial charge is 0.325 e. The van der Waals surface area contributed by atoms with E-state index >= 15 is 0 Å². The van der Waals surface area contributed by atoms with Crippen LogP contribution in [0, 0.1) is 12.8 Å². The Morgan fingerprint density at radius 2 is 1.80 bits per heavy atom. The molecule has 0 fully saturated rings. The largest absolute Gasteiger partial charge is 0.337 e. The third-order valence-corrected chi connectivity index (χ3v) is 4.46. The molecular weight excluding hydrogens is 316 g/mol. The zero-order chi connectivity index (χ0) is 18.1. The molecule has 6 nitrogen and oxygen atoms in total. The Morgan fingerprint density at radius 3 is 2.40 bits per heavy atom. The minimum atomic E-state index is -0.330. The summed E-state index contributed by atoms with van der Waals surface area (Å²) in [6.07, 6.45) is 2.40. The van der Waals surface area contributed by atoms with Crippen LogP contribution in [-0.2, 0) is 13.1 Å². The average molecular weight is 340 g/mol. The number of hydrogen-bond donors (Lipinski definition) is 0. The Balaban J connectivity index is 2.34. The molecule has 0 atom stereocenters. The lowest BCUT2D eigenvalue weighted by Crippen LogP contribution is -2.40. The van der Waals surface area contributed by atoms with Crippen LogP contribution in [0.3, 0.4) is 0 Å². The Morgan fingerprint density at radius 1 is 1.12 bits per heavy atom. The molecule has 0 unspecified atom stereocenters. The normalized spacial score (nSPS) is 11.6. The Bertz CT molecular complexity index is 1010. The molecule has 6 heteroatoms. The molecule has 0 bridgehead atoms. The van der Waals surface area contributed by atoms with Gasteiger partial charge in [-0.05, 0) is 38.3 Å². The molecule has 2 aromatic heterocycles. The van der Waals surface area contributed by atoms with Gasteiger partial charge in [-0.15, -0.1) is 0 Å². The zero-order valence-electron chi connectivity index (χ0n) is 15.2. The summed E-state index contributed by atoms with van der Waals surface area (Å²) in [5.41, 5.74) is 2.14. The van der Waals surface area contributed by atoms with E-state index in [2.05, 4.69) is 18.8 Å². The molecule has 0 N–H and O–H groups in total. The standard InChI is InChI=1S/C19H24N4O2/c1-5-21-12-20-17-16(21)18(24)22(11-10-13(2)3)19(25)23(17)15-8-6-14(4)7-9-15/h6-9,12-13H,5,10-11H2,1-4H3. The molecule has 0 saturated carbocycles. The highest BCUT2D eigenvalue weighted by Crippen LogP contribution is 2.14. The van der Waals surface area contributed by atoms with Gasteiger partial charge in [0.15, 0.2) is 11.2 Å². The number of aryl methyl sites for hydroxylation is 2. The third-order valence-electron chi connectivity index (χ3n) is 4.46. The van der Waals surface area contributed by atoms with Crippen molar-refractivity contribution in [2.45, 2.75) is 47.2 Å². The molecule has 0 aliphatic heterocycles. The number of aromatic nitrogens is 4. The second kappa shape index (κ2) is 6.70. The molecular formula is C19H24N4O2. The van der Waals surface area contributed by atoms with Crippen LogP contribution in [0.15, 0.2) is 40.2 Å². The lowest BCUT2D eigenvalue weighted by atomic mass is 10.1. The fourth-order valence-electron chi connectivity index (χ4n) is 2.93. The maximum absolute atomic E-state index is 13.1. The quantitative estimate of drug-likeness (QED) is 0.717. The van der Waals surface area contributed by atoms with Crippen molar-refractivity contribution in [2.75, 3.05) is 0 Å². The highest BCUT2D eigenvalue weighted by molar-refractivity contribution is 5.72. The van der Waals surface area contributed by atoms with E-state index in [0.717, 1.165) is 17.7 Å². The summed E-state index contributed by atoms with van der Waals surface area (Å²) in [5.74, 6) is 0.408. The number of benzene rings is 1. The molecule has 25 heavy (non-hydrogen) atoms. The number of rotatable bonds is 5. The SMILES string of the molecule is CCn1cnc2c1c(=O)n(CCC(C)C)c(=O)n2-c1ccc(C)cc1. The molecule has 0 amide bonds. The molecule has 3 rings (SSSR count). The first kappa shape index (κ1) is 17.2. The second-order valence-corrected chi connectivity index (χ2v) is 6.80. The Hall–Kier alpha value is -2.63. The molecule has 0 radical (unpaired) electrons. The summed E-state index contributed by atoms with van der Waals surface area (Å²) in [4.78, 5) is 30.4. The van der Waals surface area contributed by atoms with E-state index in [1.54, 1.807) is 15.5 Å². The van der Waals surface area contributed by atoms with E-state index in [1.165, 1.54) is 4.57 Å². The molecule has 2 heterocycles. The second-order valence-electron chi connectivity index (χ2n) is 6.80. The first-order valence-corrected chi connectivity index (χ1v) is 8.71. The molecule has 132 valence electrons. The Labute approximate surface area is 146 Å². The van der Waals surface area contributed by atoms with Crippen molar-refractivity contribution < 1.29 is 0 Å². The summed E-state index contributed by atoms with van der Waals surface area (Å²) >= 11 is 0. The minimum absolute atomic E-state index is 0.261. The average Bonchev–Trinajstić information content (AvgIpc) is 3.00. The Kier molecular flexibility index (Phi) is 4.61. The zero-order valence-corrected chi connectivity index (χ0v) is 15.2. The molecule has 0 aliphatic carbocycles. The number of hydrogen-bond acceptors (Lipinski definition) is 3. The number of imidazole rings is 1. The maximum Gasteiger partial charge on any atom is 0.337 e. The monoisotopic (exact) mass is 340 g/mol. The summed E-state index contributed by atoms with van der Waals surface area (Å²) in [6.45, 7) is 9.16. The van der Waals surface area contributed by atoms with E-state index in [0.29, 0.717) is 30.2 Å². The first-order chi connectivity index (χ1) is 11.9. The topological polar surface area (TPSA) is 61.8 Å². The third kappa shape index (κ3) is 3.04. The van der Waals surface area contributed by atoms with Crippen molar-refractivity contribution in [3.05, 3.63) is 57.0 Å². The van der Waals surface area contributed by atoms with Gasteiger partial charge in [0.25, 0.3) is 5.56 Å². The predicted octanol–water partition coefficient (Wildman–Crippen LogP) is 2.72. The van der Waals surface area contributed by atoms with Gasteiger partial charge in [-0.1, -0.05) is 31.5 Å². The van der Waals surface area contributed by atoms with E-state index < -0.39 is 0 Å². The van der Waals surface area contributed by atoms with Crippen molar-refractivity contribution in [1.82, 2.24) is 18.7 Å². The van der Waals surface area contributed by atoms with E-state index in [1.807, 2.05) is 38.1 Å². The predicted molar refractivity (Wildman–Crippen MR) is 99.5 cm³/mol. The number of fused-ring (bicyclic) bond motifs is 1. The molecule has 3 aromatic rings. The van der Waals surface area contributed by atoms with Crippen LogP contribution in [0.1, 0.15) is 32.8 Å². The van der Waals surface area contributed by atoms with E-state index in [4.69, 9.17) is 0 Å². The summed E-state index contributed by atoms with van der Waals surface area (Å²) < 4.78 is 4.69. The van der Waals surface area contributed by atoms with Crippen molar-refractivity contribution in [1.29, 1.82) is 0 Å². The van der Waals surface area contributed by atoms with Gasteiger partial charge in [0.2, 0.25) is 0 Å². The highest BCUT2D eigenvalue weighted by Gasteiger charge is 2.18. The van der Waals surface area contributed by atoms with Crippen molar-refractivity contribution in [3.63, 3.8) is 0 Å². The molecule has 0 spiro atoms. The summed E-state index contributed by atoms with van der Waals surface area (Å²) in [7, 11) is 0. The fraction of sp³-hybridized carbons (Fsp3) is 0.421. The van der Waals surface area contributed by atoms with Gasteiger partial charge in [0.1, 0.15) is 0 Å². The summed E-state index contributed by atoms with van der Waals surface area (Å²) in [6, 6.07) is 7.68. The van der Waals surface area contributed by atoms with Crippen LogP contribution in [0.25, 0.3) is 16.9 Å². The van der Waals surface area contributed by atoms with Crippen LogP contribution < -0.4 is 11.2 Å². The van der Waals surface area contributed by atoms with Crippen molar-refractivity contribution in [3.8, 4) is 5.69 Å². The van der Waals surface area contributed by atoms with Crippen molar-refractivity contribution in [2.24, 2.45) is 5.92 Å². The lowest BCUT2D eigenvalue weighted by Gasteiger charge is -2.13. The van der Waals surface area contributed by atoms with Gasteiger partial charge in [0.05, 0.1) is 12.0 Å². The van der Waals surface area contributed by atoms with Gasteiger partial charge >= 0.3 is 5.69 Å². The summed E-state index contributed by atoms with van der Waals surface area (Å²) in [5, 5.41) is 0. The van der Waals surface area contributed by atoms with Gasteiger partial charge in [0, 0.05) is 13.1 Å². The van der Waals surface area contributed by atoms with Crippen LogP contribution in [0.4, 0.5) is 0 Å². The van der Waals surface area contributed by atoms with Crippen LogP contribution >= 0.6 is 0 Å². The van der Waals surface area contributed by atoms with Gasteiger partial charge in [-0.3, -0.25) is 9.36 Å². The van der Waals surface area contributed by atoms with Gasteiger partial charge in [-0.25, -0.2) is 14.3 Å². The molecule has 0 aliphatic rings. The van der Waals surface area contributed by atoms with Crippen molar-refractivity contribution >= 4 is 11.2 Å². The highest BCUT2D eigenvalue weighted by atomic mass is 16.2. The van der Waals surface area contributed by atoms with E-state index in [9.17, 15) is 9.59 Å². The molecule has 0 saturated heterocycles. The van der Waals surface area contributed by atoms with E-state index in [-0.39, 0.29) is 11.2 Å². The van der Waals surface area contributed by atoms with Gasteiger partial charge in [-0.2, -0.15) is 0 Å². The van der Waals surface area contributed by atoms with Gasteiger partial charge < -0.3 is 4.57 Å². The fourth-order valence-corrected chi connectivity index (χ4v) is 2.93. The maximum atomic E-state index is 13.1. The first-order valence-electron chi connectivity index (χ1n) is 8.71. The van der Waals surface area contributed by atoms with Crippen LogP contribution in [-0.4, -0.2) is 18.7 Å². The van der Waals surface area contributed by atoms with Crippen LogP contribution in [0.5, 0.6) is 0 Å². The minimum Gasteiger partial charge on any atom is -0.325 e. The number of nitrogens with zero attached hydrogens (tertiary/aromatic N) is 4. The van der Waals surface area contributed by atoms with Crippen LogP contribution in [0.2, 0.25) is 0 Å². The lowest BCUT2D eigenvalue weighted by molar-refractivity contribution is 0.491.